The lowest BCUT2D eigenvalue weighted by atomic mass is 9.72. The minimum Gasteiger partial charge on any atom is -0.373 e. The van der Waals surface area contributed by atoms with Crippen LogP contribution in [0, 0.1) is 11.8 Å². The van der Waals surface area contributed by atoms with E-state index in [2.05, 4.69) is 6.08 Å². The second kappa shape index (κ2) is 2.92. The Labute approximate surface area is 89.3 Å². The van der Waals surface area contributed by atoms with Gasteiger partial charge in [0.1, 0.15) is 0 Å². The number of allylic oxidation sites excluding steroid dienone is 4. The van der Waals surface area contributed by atoms with Crippen molar-refractivity contribution in [1.82, 2.24) is 0 Å². The zero-order valence-corrected chi connectivity index (χ0v) is 8.77. The first-order valence-electron chi connectivity index (χ1n) is 5.44. The minimum absolute atomic E-state index is 0.156. The first-order chi connectivity index (χ1) is 7.27. The fourth-order valence-electron chi connectivity index (χ4n) is 3.22. The number of carbonyl (C=O) groups excluding carboxylic acids is 1. The second-order valence-electron chi connectivity index (χ2n) is 4.54. The molecule has 3 aliphatic rings. The summed E-state index contributed by atoms with van der Waals surface area (Å²) in [6.45, 7) is 0. The van der Waals surface area contributed by atoms with Crippen molar-refractivity contribution in [2.75, 3.05) is 7.11 Å². The van der Waals surface area contributed by atoms with Crippen LogP contribution in [0.1, 0.15) is 12.8 Å². The van der Waals surface area contributed by atoms with Gasteiger partial charge < -0.3 is 4.74 Å². The maximum atomic E-state index is 11.8. The van der Waals surface area contributed by atoms with Gasteiger partial charge in [0.05, 0.1) is 5.60 Å². The predicted octanol–water partition coefficient (Wildman–Crippen LogP) is 2.03. The Morgan fingerprint density at radius 2 is 2.40 bits per heavy atom. The monoisotopic (exact) mass is 202 g/mol. The van der Waals surface area contributed by atoms with Crippen LogP contribution in [0.5, 0.6) is 0 Å². The van der Waals surface area contributed by atoms with E-state index in [4.69, 9.17) is 4.74 Å². The number of rotatable bonds is 1. The molecule has 0 heterocycles. The Balaban J connectivity index is 2.16. The van der Waals surface area contributed by atoms with Gasteiger partial charge in [-0.1, -0.05) is 18.2 Å². The third-order valence-electron chi connectivity index (χ3n) is 3.97. The quantitative estimate of drug-likeness (QED) is 0.650. The molecule has 0 aromatic carbocycles. The minimum atomic E-state index is -0.213. The molecule has 2 nitrogen and oxygen atoms in total. The third kappa shape index (κ3) is 1.06. The van der Waals surface area contributed by atoms with Crippen LogP contribution in [0.4, 0.5) is 0 Å². The number of hydrogen-bond donors (Lipinski definition) is 0. The molecule has 2 heteroatoms. The average molecular weight is 202 g/mol. The van der Waals surface area contributed by atoms with Gasteiger partial charge in [0, 0.05) is 18.6 Å². The Bertz CT molecular complexity index is 403. The zero-order valence-electron chi connectivity index (χ0n) is 8.77. The summed E-state index contributed by atoms with van der Waals surface area (Å²) in [5.41, 5.74) is 0.721. The Kier molecular flexibility index (Phi) is 1.77. The van der Waals surface area contributed by atoms with E-state index in [9.17, 15) is 4.79 Å². The van der Waals surface area contributed by atoms with Crippen molar-refractivity contribution in [2.24, 2.45) is 11.8 Å². The maximum absolute atomic E-state index is 11.8. The molecule has 1 fully saturated rings. The van der Waals surface area contributed by atoms with Gasteiger partial charge in [-0.05, 0) is 30.9 Å². The molecule has 0 bridgehead atoms. The highest BCUT2D eigenvalue weighted by Crippen LogP contribution is 2.51. The SMILES string of the molecule is CO[C@@]12C=CC(=O)C3=CC=C[C@@H](CC1)[C@H]32. The topological polar surface area (TPSA) is 26.3 Å². The highest BCUT2D eigenvalue weighted by Gasteiger charge is 2.51. The summed E-state index contributed by atoms with van der Waals surface area (Å²) in [5.74, 6) is 0.896. The molecule has 0 amide bonds. The normalized spacial score (nSPS) is 41.7. The summed E-state index contributed by atoms with van der Waals surface area (Å²) in [6.07, 6.45) is 11.9. The molecule has 0 aliphatic heterocycles. The van der Waals surface area contributed by atoms with Gasteiger partial charge in [-0.15, -0.1) is 0 Å². The van der Waals surface area contributed by atoms with Crippen LogP contribution in [0.25, 0.3) is 0 Å². The molecule has 0 N–H and O–H groups in total. The average Bonchev–Trinajstić information content (AvgIpc) is 2.66. The molecule has 3 aliphatic carbocycles. The van der Waals surface area contributed by atoms with Gasteiger partial charge in [-0.3, -0.25) is 4.79 Å². The molecular weight excluding hydrogens is 188 g/mol. The molecule has 3 rings (SSSR count). The van der Waals surface area contributed by atoms with E-state index < -0.39 is 0 Å². The Morgan fingerprint density at radius 1 is 1.53 bits per heavy atom. The summed E-state index contributed by atoms with van der Waals surface area (Å²) in [7, 11) is 1.75. The molecule has 0 saturated heterocycles. The summed E-state index contributed by atoms with van der Waals surface area (Å²) in [6, 6.07) is 0. The molecule has 1 saturated carbocycles. The van der Waals surface area contributed by atoms with Gasteiger partial charge >= 0.3 is 0 Å². The number of methoxy groups -OCH3 is 1. The molecule has 0 unspecified atom stereocenters. The van der Waals surface area contributed by atoms with Gasteiger partial charge in [0.25, 0.3) is 0 Å². The molecular formula is C13H14O2. The van der Waals surface area contributed by atoms with Crippen molar-refractivity contribution in [1.29, 1.82) is 0 Å². The van der Waals surface area contributed by atoms with Crippen LogP contribution in [-0.2, 0) is 9.53 Å². The molecule has 0 aromatic heterocycles. The number of carbonyl (C=O) groups is 1. The summed E-state index contributed by atoms with van der Waals surface area (Å²) in [4.78, 5) is 11.8. The van der Waals surface area contributed by atoms with Crippen LogP contribution in [0.3, 0.4) is 0 Å². The van der Waals surface area contributed by atoms with Crippen molar-refractivity contribution >= 4 is 5.78 Å². The van der Waals surface area contributed by atoms with Crippen LogP contribution < -0.4 is 0 Å². The van der Waals surface area contributed by atoms with Gasteiger partial charge in [-0.25, -0.2) is 0 Å². The summed E-state index contributed by atoms with van der Waals surface area (Å²) >= 11 is 0. The number of ether oxygens (including phenoxy) is 1. The van der Waals surface area contributed by atoms with Crippen molar-refractivity contribution in [3.8, 4) is 0 Å². The van der Waals surface area contributed by atoms with E-state index in [0.29, 0.717) is 5.92 Å². The fourth-order valence-corrected chi connectivity index (χ4v) is 3.22. The van der Waals surface area contributed by atoms with Gasteiger partial charge in [0.15, 0.2) is 5.78 Å². The molecule has 0 spiro atoms. The summed E-state index contributed by atoms with van der Waals surface area (Å²) in [5, 5.41) is 0. The van der Waals surface area contributed by atoms with Crippen molar-refractivity contribution in [3.05, 3.63) is 36.0 Å². The van der Waals surface area contributed by atoms with Crippen LogP contribution in [0.2, 0.25) is 0 Å². The zero-order chi connectivity index (χ0) is 10.5. The molecule has 0 aromatic rings. The van der Waals surface area contributed by atoms with Gasteiger partial charge in [-0.2, -0.15) is 0 Å². The fraction of sp³-hybridized carbons (Fsp3) is 0.462. The standard InChI is InChI=1S/C13H14O2/c1-15-13-7-5-9-3-2-4-10(12(9)13)11(14)6-8-13/h2-4,6,8-9,12H,5,7H2,1H3/t9-,12+,13+/m0/s1. The summed E-state index contributed by atoms with van der Waals surface area (Å²) < 4.78 is 5.67. The number of ketones is 1. The maximum Gasteiger partial charge on any atom is 0.182 e. The highest BCUT2D eigenvalue weighted by atomic mass is 16.5. The lowest BCUT2D eigenvalue weighted by molar-refractivity contribution is -0.114. The lowest BCUT2D eigenvalue weighted by Gasteiger charge is -2.37. The van der Waals surface area contributed by atoms with E-state index in [1.807, 2.05) is 18.2 Å². The smallest absolute Gasteiger partial charge is 0.182 e. The Hall–Kier alpha value is -1.15. The molecule has 3 atom stereocenters. The van der Waals surface area contributed by atoms with E-state index in [1.165, 1.54) is 0 Å². The lowest BCUT2D eigenvalue weighted by Crippen LogP contribution is -2.41. The van der Waals surface area contributed by atoms with E-state index in [-0.39, 0.29) is 17.3 Å². The Morgan fingerprint density at radius 3 is 3.20 bits per heavy atom. The molecule has 0 radical (unpaired) electrons. The predicted molar refractivity (Wildman–Crippen MR) is 57.3 cm³/mol. The van der Waals surface area contributed by atoms with Crippen LogP contribution >= 0.6 is 0 Å². The van der Waals surface area contributed by atoms with Crippen molar-refractivity contribution < 1.29 is 9.53 Å². The van der Waals surface area contributed by atoms with E-state index in [1.54, 1.807) is 13.2 Å². The second-order valence-corrected chi connectivity index (χ2v) is 4.54. The first kappa shape index (κ1) is 9.10. The highest BCUT2D eigenvalue weighted by molar-refractivity contribution is 6.06. The van der Waals surface area contributed by atoms with Crippen LogP contribution in [0.15, 0.2) is 36.0 Å². The van der Waals surface area contributed by atoms with Gasteiger partial charge in [0.2, 0.25) is 0 Å². The molecule has 15 heavy (non-hydrogen) atoms. The van der Waals surface area contributed by atoms with E-state index >= 15 is 0 Å². The first-order valence-corrected chi connectivity index (χ1v) is 5.44. The van der Waals surface area contributed by atoms with Crippen molar-refractivity contribution in [3.63, 3.8) is 0 Å². The number of hydrogen-bond acceptors (Lipinski definition) is 2. The largest absolute Gasteiger partial charge is 0.373 e. The van der Waals surface area contributed by atoms with E-state index in [0.717, 1.165) is 18.4 Å². The van der Waals surface area contributed by atoms with Crippen LogP contribution in [-0.4, -0.2) is 18.5 Å². The van der Waals surface area contributed by atoms with Crippen molar-refractivity contribution in [2.45, 2.75) is 18.4 Å². The molecule has 78 valence electrons. The third-order valence-corrected chi connectivity index (χ3v) is 3.97.